The lowest BCUT2D eigenvalue weighted by Crippen LogP contribution is -2.16. The van der Waals surface area contributed by atoms with E-state index < -0.39 is 11.5 Å². The third-order valence-corrected chi connectivity index (χ3v) is 2.34. The molecule has 0 unspecified atom stereocenters. The number of nitrogens with zero attached hydrogens (tertiary/aromatic N) is 2. The van der Waals surface area contributed by atoms with E-state index in [1.165, 1.54) is 18.5 Å². The SMILES string of the molecule is O=c1[nH]cnn1-c1ccc(Br)c(F)c1. The maximum Gasteiger partial charge on any atom is 0.347 e. The van der Waals surface area contributed by atoms with Crippen LogP contribution in [0.4, 0.5) is 4.39 Å². The van der Waals surface area contributed by atoms with Gasteiger partial charge >= 0.3 is 5.69 Å². The summed E-state index contributed by atoms with van der Waals surface area (Å²) in [6.45, 7) is 0. The minimum absolute atomic E-state index is 0.352. The monoisotopic (exact) mass is 257 g/mol. The predicted octanol–water partition coefficient (Wildman–Crippen LogP) is 1.46. The van der Waals surface area contributed by atoms with Crippen molar-refractivity contribution in [3.63, 3.8) is 0 Å². The molecule has 0 fully saturated rings. The molecule has 0 saturated carbocycles. The van der Waals surface area contributed by atoms with Crippen LogP contribution in [0, 0.1) is 5.82 Å². The second-order valence-electron chi connectivity index (χ2n) is 2.60. The summed E-state index contributed by atoms with van der Waals surface area (Å²) in [6, 6.07) is 4.34. The zero-order valence-electron chi connectivity index (χ0n) is 6.87. The summed E-state index contributed by atoms with van der Waals surface area (Å²) in [5.41, 5.74) is -0.0105. The van der Waals surface area contributed by atoms with Gasteiger partial charge in [0.05, 0.1) is 10.2 Å². The van der Waals surface area contributed by atoms with Crippen molar-refractivity contribution in [1.29, 1.82) is 0 Å². The van der Waals surface area contributed by atoms with Crippen LogP contribution < -0.4 is 5.69 Å². The van der Waals surface area contributed by atoms with Gasteiger partial charge < -0.3 is 0 Å². The molecule has 0 radical (unpaired) electrons. The quantitative estimate of drug-likeness (QED) is 0.841. The van der Waals surface area contributed by atoms with Crippen LogP contribution in [0.1, 0.15) is 0 Å². The highest BCUT2D eigenvalue weighted by atomic mass is 79.9. The van der Waals surface area contributed by atoms with Crippen LogP contribution in [0.2, 0.25) is 0 Å². The molecule has 0 amide bonds. The highest BCUT2D eigenvalue weighted by molar-refractivity contribution is 9.10. The topological polar surface area (TPSA) is 50.7 Å². The maximum absolute atomic E-state index is 13.1. The highest BCUT2D eigenvalue weighted by Gasteiger charge is 2.04. The normalized spacial score (nSPS) is 10.4. The van der Waals surface area contributed by atoms with Gasteiger partial charge in [0.1, 0.15) is 12.1 Å². The molecule has 2 rings (SSSR count). The molecule has 1 N–H and O–H groups in total. The second-order valence-corrected chi connectivity index (χ2v) is 3.46. The Hall–Kier alpha value is -1.43. The Morgan fingerprint density at radius 2 is 2.29 bits per heavy atom. The van der Waals surface area contributed by atoms with Crippen molar-refractivity contribution >= 4 is 15.9 Å². The highest BCUT2D eigenvalue weighted by Crippen LogP contribution is 2.17. The fraction of sp³-hybridized carbons (Fsp3) is 0. The Bertz CT molecular complexity index is 519. The molecule has 72 valence electrons. The fourth-order valence-electron chi connectivity index (χ4n) is 1.06. The molecule has 0 atom stereocenters. The number of benzene rings is 1. The van der Waals surface area contributed by atoms with Gasteiger partial charge in [0.15, 0.2) is 0 Å². The Kier molecular flexibility index (Phi) is 2.20. The van der Waals surface area contributed by atoms with Crippen LogP contribution >= 0.6 is 15.9 Å². The maximum atomic E-state index is 13.1. The molecule has 0 spiro atoms. The van der Waals surface area contributed by atoms with Gasteiger partial charge in [-0.05, 0) is 28.1 Å². The van der Waals surface area contributed by atoms with Crippen LogP contribution in [0.25, 0.3) is 5.69 Å². The van der Waals surface area contributed by atoms with Crippen molar-refractivity contribution in [2.75, 3.05) is 0 Å². The largest absolute Gasteiger partial charge is 0.347 e. The van der Waals surface area contributed by atoms with Gasteiger partial charge in [-0.25, -0.2) is 9.18 Å². The van der Waals surface area contributed by atoms with Gasteiger partial charge in [-0.15, -0.1) is 0 Å². The predicted molar refractivity (Wildman–Crippen MR) is 51.8 cm³/mol. The molecule has 1 heterocycles. The molecule has 0 aliphatic carbocycles. The molecule has 14 heavy (non-hydrogen) atoms. The van der Waals surface area contributed by atoms with Crippen molar-refractivity contribution in [2.24, 2.45) is 0 Å². The average molecular weight is 258 g/mol. The van der Waals surface area contributed by atoms with Gasteiger partial charge in [0.25, 0.3) is 0 Å². The van der Waals surface area contributed by atoms with E-state index in [-0.39, 0.29) is 0 Å². The molecule has 2 aromatic rings. The van der Waals surface area contributed by atoms with E-state index in [0.717, 1.165) is 4.68 Å². The van der Waals surface area contributed by atoms with E-state index in [1.807, 2.05) is 0 Å². The number of nitrogens with one attached hydrogen (secondary N) is 1. The Balaban J connectivity index is 2.59. The van der Waals surface area contributed by atoms with Crippen molar-refractivity contribution in [3.05, 3.63) is 45.3 Å². The van der Waals surface area contributed by atoms with Gasteiger partial charge in [-0.2, -0.15) is 9.78 Å². The minimum atomic E-state index is -0.433. The van der Waals surface area contributed by atoms with E-state index in [2.05, 4.69) is 26.0 Å². The van der Waals surface area contributed by atoms with Gasteiger partial charge in [0, 0.05) is 6.07 Å². The number of rotatable bonds is 1. The molecule has 1 aromatic carbocycles. The van der Waals surface area contributed by atoms with Crippen molar-refractivity contribution in [1.82, 2.24) is 14.8 Å². The molecule has 0 saturated heterocycles. The molecule has 1 aromatic heterocycles. The molecular weight excluding hydrogens is 253 g/mol. The average Bonchev–Trinajstić information content (AvgIpc) is 2.57. The number of halogens is 2. The molecule has 0 aliphatic rings. The number of hydrogen-bond acceptors (Lipinski definition) is 2. The smallest absolute Gasteiger partial charge is 0.295 e. The first-order chi connectivity index (χ1) is 6.68. The summed E-state index contributed by atoms with van der Waals surface area (Å²) in [7, 11) is 0. The van der Waals surface area contributed by atoms with Crippen molar-refractivity contribution in [2.45, 2.75) is 0 Å². The van der Waals surface area contributed by atoms with Crippen LogP contribution in [0.15, 0.2) is 33.8 Å². The number of hydrogen-bond donors (Lipinski definition) is 1. The van der Waals surface area contributed by atoms with Crippen LogP contribution in [0.5, 0.6) is 0 Å². The van der Waals surface area contributed by atoms with Gasteiger partial charge in [0.2, 0.25) is 0 Å². The third-order valence-electron chi connectivity index (χ3n) is 1.70. The summed E-state index contributed by atoms with van der Waals surface area (Å²) >= 11 is 3.02. The van der Waals surface area contributed by atoms with E-state index >= 15 is 0 Å². The first-order valence-corrected chi connectivity index (χ1v) is 4.56. The van der Waals surface area contributed by atoms with Crippen LogP contribution in [-0.4, -0.2) is 14.8 Å². The molecular formula is C8H5BrFN3O. The molecule has 6 heteroatoms. The molecule has 4 nitrogen and oxygen atoms in total. The zero-order valence-corrected chi connectivity index (χ0v) is 8.45. The lowest BCUT2D eigenvalue weighted by Gasteiger charge is -1.99. The summed E-state index contributed by atoms with van der Waals surface area (Å²) < 4.78 is 14.5. The summed E-state index contributed by atoms with van der Waals surface area (Å²) in [4.78, 5) is 13.5. The second kappa shape index (κ2) is 3.38. The van der Waals surface area contributed by atoms with E-state index in [1.54, 1.807) is 6.07 Å². The standard InChI is InChI=1S/C8H5BrFN3O/c9-6-2-1-5(3-7(6)10)13-8(14)11-4-12-13/h1-4H,(H,11,12,14). The lowest BCUT2D eigenvalue weighted by atomic mass is 10.3. The van der Waals surface area contributed by atoms with Crippen molar-refractivity contribution < 1.29 is 4.39 Å². The van der Waals surface area contributed by atoms with Crippen molar-refractivity contribution in [3.8, 4) is 5.69 Å². The van der Waals surface area contributed by atoms with E-state index in [4.69, 9.17) is 0 Å². The molecule has 0 bridgehead atoms. The first kappa shape index (κ1) is 9.14. The number of aromatic amines is 1. The summed E-state index contributed by atoms with van der Waals surface area (Å²) in [6.07, 6.45) is 1.25. The molecule has 0 aliphatic heterocycles. The zero-order chi connectivity index (χ0) is 10.1. The minimum Gasteiger partial charge on any atom is -0.295 e. The van der Waals surface area contributed by atoms with Gasteiger partial charge in [-0.3, -0.25) is 4.98 Å². The Morgan fingerprint density at radius 1 is 1.50 bits per heavy atom. The fourth-order valence-corrected chi connectivity index (χ4v) is 1.30. The number of H-pyrrole nitrogens is 1. The third kappa shape index (κ3) is 1.48. The summed E-state index contributed by atoms with van der Waals surface area (Å²) in [5.74, 6) is -0.433. The van der Waals surface area contributed by atoms with E-state index in [9.17, 15) is 9.18 Å². The van der Waals surface area contributed by atoms with Crippen LogP contribution in [-0.2, 0) is 0 Å². The Labute approximate surface area is 86.5 Å². The van der Waals surface area contributed by atoms with Gasteiger partial charge in [-0.1, -0.05) is 0 Å². The lowest BCUT2D eigenvalue weighted by molar-refractivity contribution is 0.618. The summed E-state index contributed by atoms with van der Waals surface area (Å²) in [5, 5.41) is 3.72. The Morgan fingerprint density at radius 3 is 2.86 bits per heavy atom. The number of aromatic nitrogens is 3. The first-order valence-electron chi connectivity index (χ1n) is 3.76. The van der Waals surface area contributed by atoms with E-state index in [0.29, 0.717) is 10.2 Å². The van der Waals surface area contributed by atoms with Crippen LogP contribution in [0.3, 0.4) is 0 Å².